The monoisotopic (exact) mass is 286 g/mol. The first-order valence-corrected chi connectivity index (χ1v) is 7.39. The van der Waals surface area contributed by atoms with Gasteiger partial charge in [0.1, 0.15) is 0 Å². The summed E-state index contributed by atoms with van der Waals surface area (Å²) in [6.07, 6.45) is 5.53. The summed E-state index contributed by atoms with van der Waals surface area (Å²) in [5.41, 5.74) is 4.06. The smallest absolute Gasteiger partial charge is 0.225 e. The van der Waals surface area contributed by atoms with E-state index in [-0.39, 0.29) is 0 Å². The largest absolute Gasteiger partial charge is 0.446 e. The lowest BCUT2D eigenvalue weighted by Crippen LogP contribution is -2.51. The molecule has 2 aliphatic rings. The van der Waals surface area contributed by atoms with Crippen molar-refractivity contribution in [3.63, 3.8) is 0 Å². The lowest BCUT2D eigenvalue weighted by molar-refractivity contribution is -0.104. The zero-order valence-corrected chi connectivity index (χ0v) is 11.9. The highest BCUT2D eigenvalue weighted by Crippen LogP contribution is 2.34. The minimum absolute atomic E-state index is 0.425. The summed E-state index contributed by atoms with van der Waals surface area (Å²) in [6.45, 7) is 3.95. The molecule has 1 fully saturated rings. The van der Waals surface area contributed by atoms with Crippen LogP contribution < -0.4 is 10.8 Å². The Morgan fingerprint density at radius 2 is 2.43 bits per heavy atom. The third kappa shape index (κ3) is 2.02. The van der Waals surface area contributed by atoms with E-state index in [0.29, 0.717) is 11.6 Å². The summed E-state index contributed by atoms with van der Waals surface area (Å²) in [5, 5.41) is 4.34. The minimum atomic E-state index is -0.492. The molecule has 4 rings (SSSR count). The summed E-state index contributed by atoms with van der Waals surface area (Å²) in [7, 11) is 0. The number of pyridine rings is 1. The molecule has 2 atom stereocenters. The number of furan rings is 1. The zero-order chi connectivity index (χ0) is 14.3. The van der Waals surface area contributed by atoms with Gasteiger partial charge in [0.15, 0.2) is 5.84 Å². The van der Waals surface area contributed by atoms with Gasteiger partial charge in [-0.3, -0.25) is 0 Å². The van der Waals surface area contributed by atoms with E-state index in [9.17, 15) is 0 Å². The highest BCUT2D eigenvalue weighted by Gasteiger charge is 2.45. The molecule has 0 aromatic carbocycles. The van der Waals surface area contributed by atoms with Gasteiger partial charge in [-0.15, -0.1) is 0 Å². The van der Waals surface area contributed by atoms with Crippen LogP contribution in [-0.4, -0.2) is 29.6 Å². The molecule has 110 valence electrons. The molecule has 0 bridgehead atoms. The number of aromatic nitrogens is 1. The van der Waals surface area contributed by atoms with E-state index in [4.69, 9.17) is 14.2 Å². The van der Waals surface area contributed by atoms with Gasteiger partial charge in [0.2, 0.25) is 11.4 Å². The fraction of sp³-hybridized carbons (Fsp3) is 0.467. The normalized spacial score (nSPS) is 28.8. The number of hydroxylamine groups is 1. The van der Waals surface area contributed by atoms with Gasteiger partial charge in [0.05, 0.1) is 6.26 Å². The second-order valence-corrected chi connectivity index (χ2v) is 5.62. The van der Waals surface area contributed by atoms with Gasteiger partial charge in [-0.2, -0.15) is 0 Å². The number of nitrogens with one attached hydrogen (secondary N) is 2. The topological polar surface area (TPSA) is 71.7 Å². The third-order valence-corrected chi connectivity index (χ3v) is 4.38. The summed E-state index contributed by atoms with van der Waals surface area (Å²) in [5.74, 6) is 1.17. The molecule has 0 saturated carbocycles. The molecule has 2 aromatic heterocycles. The second kappa shape index (κ2) is 4.82. The molecule has 2 aliphatic heterocycles. The summed E-state index contributed by atoms with van der Waals surface area (Å²) >= 11 is 0. The van der Waals surface area contributed by atoms with Crippen LogP contribution in [0.5, 0.6) is 0 Å². The molecule has 0 aliphatic carbocycles. The maximum atomic E-state index is 5.88. The predicted octanol–water partition coefficient (Wildman–Crippen LogP) is 1.82. The molecule has 4 heterocycles. The predicted molar refractivity (Wildman–Crippen MR) is 78.8 cm³/mol. The molecule has 6 nitrogen and oxygen atoms in total. The van der Waals surface area contributed by atoms with Gasteiger partial charge in [0.25, 0.3) is 0 Å². The number of fused-ring (bicyclic) bond motifs is 1. The second-order valence-electron chi connectivity index (χ2n) is 5.62. The molecular formula is C15H18N4O2. The van der Waals surface area contributed by atoms with E-state index < -0.39 is 5.72 Å². The third-order valence-electron chi connectivity index (χ3n) is 4.38. The number of aliphatic imine (C=N–C) groups is 1. The van der Waals surface area contributed by atoms with Crippen molar-refractivity contribution >= 4 is 16.9 Å². The van der Waals surface area contributed by atoms with Crippen molar-refractivity contribution in [2.24, 2.45) is 10.9 Å². The van der Waals surface area contributed by atoms with Gasteiger partial charge < -0.3 is 9.73 Å². The Balaban J connectivity index is 1.70. The minimum Gasteiger partial charge on any atom is -0.446 e. The first-order chi connectivity index (χ1) is 10.3. The van der Waals surface area contributed by atoms with E-state index in [1.54, 1.807) is 12.5 Å². The molecule has 0 radical (unpaired) electrons. The maximum Gasteiger partial charge on any atom is 0.225 e. The van der Waals surface area contributed by atoms with Crippen molar-refractivity contribution in [1.82, 2.24) is 15.8 Å². The molecule has 2 aromatic rings. The molecule has 21 heavy (non-hydrogen) atoms. The molecule has 0 amide bonds. The van der Waals surface area contributed by atoms with Crippen LogP contribution in [0.15, 0.2) is 34.0 Å². The Kier molecular flexibility index (Phi) is 2.94. The van der Waals surface area contributed by atoms with Crippen molar-refractivity contribution in [2.75, 3.05) is 13.1 Å². The summed E-state index contributed by atoms with van der Waals surface area (Å²) in [6, 6.07) is 3.91. The van der Waals surface area contributed by atoms with Crippen LogP contribution in [0.1, 0.15) is 25.3 Å². The average molecular weight is 286 g/mol. The number of piperidine rings is 1. The van der Waals surface area contributed by atoms with E-state index in [1.807, 2.05) is 12.1 Å². The lowest BCUT2D eigenvalue weighted by Gasteiger charge is -2.36. The van der Waals surface area contributed by atoms with Crippen molar-refractivity contribution in [3.05, 3.63) is 30.2 Å². The van der Waals surface area contributed by atoms with E-state index in [1.165, 1.54) is 0 Å². The Morgan fingerprint density at radius 1 is 1.48 bits per heavy atom. The van der Waals surface area contributed by atoms with Crippen LogP contribution in [0, 0.1) is 5.92 Å². The summed E-state index contributed by atoms with van der Waals surface area (Å²) < 4.78 is 5.27. The Labute approximate surface area is 122 Å². The first-order valence-electron chi connectivity index (χ1n) is 7.39. The highest BCUT2D eigenvalue weighted by atomic mass is 16.7. The van der Waals surface area contributed by atoms with Crippen LogP contribution in [-0.2, 0) is 4.84 Å². The van der Waals surface area contributed by atoms with Crippen LogP contribution in [0.3, 0.4) is 0 Å². The van der Waals surface area contributed by atoms with Gasteiger partial charge in [-0.1, -0.05) is 6.92 Å². The number of hydrogen-bond acceptors (Lipinski definition) is 6. The van der Waals surface area contributed by atoms with Gasteiger partial charge >= 0.3 is 0 Å². The molecule has 1 saturated heterocycles. The summed E-state index contributed by atoms with van der Waals surface area (Å²) in [4.78, 5) is 15.0. The Bertz CT molecular complexity index is 696. The van der Waals surface area contributed by atoms with Crippen molar-refractivity contribution in [2.45, 2.75) is 25.5 Å². The lowest BCUT2D eigenvalue weighted by atomic mass is 9.87. The van der Waals surface area contributed by atoms with E-state index in [2.05, 4.69) is 22.7 Å². The van der Waals surface area contributed by atoms with Crippen LogP contribution in [0.2, 0.25) is 0 Å². The molecule has 2 unspecified atom stereocenters. The highest BCUT2D eigenvalue weighted by molar-refractivity contribution is 6.01. The average Bonchev–Trinajstić information content (AvgIpc) is 3.14. The zero-order valence-electron chi connectivity index (χ0n) is 11.9. The van der Waals surface area contributed by atoms with E-state index in [0.717, 1.165) is 42.7 Å². The van der Waals surface area contributed by atoms with Gasteiger partial charge in [-0.25, -0.2) is 20.3 Å². The van der Waals surface area contributed by atoms with Gasteiger partial charge in [-0.05, 0) is 31.5 Å². The van der Waals surface area contributed by atoms with E-state index >= 15 is 0 Å². The van der Waals surface area contributed by atoms with Crippen LogP contribution >= 0.6 is 0 Å². The van der Waals surface area contributed by atoms with Crippen LogP contribution in [0.4, 0.5) is 0 Å². The fourth-order valence-electron chi connectivity index (χ4n) is 3.17. The number of hydrogen-bond donors (Lipinski definition) is 2. The number of nitrogens with zero attached hydrogens (tertiary/aromatic N) is 2. The Hall–Kier alpha value is -1.92. The number of rotatable bonds is 2. The quantitative estimate of drug-likeness (QED) is 0.881. The van der Waals surface area contributed by atoms with Crippen LogP contribution in [0.25, 0.3) is 11.1 Å². The number of amidine groups is 1. The molecule has 6 heteroatoms. The molecule has 1 spiro atoms. The first kappa shape index (κ1) is 12.8. The fourth-order valence-corrected chi connectivity index (χ4v) is 3.17. The SMILES string of the molecule is CCC1CCNCC12N=C(c1cnc3occc3c1)NO2. The molecular weight excluding hydrogens is 268 g/mol. The van der Waals surface area contributed by atoms with Crippen molar-refractivity contribution < 1.29 is 9.25 Å². The standard InChI is InChI=1S/C15H18N4O2/c1-2-12-3-5-16-9-15(12)18-13(19-21-15)11-7-10-4-6-20-14(10)17-8-11/h4,6-8,12,16H,2-3,5,9H2,1H3,(H,18,19). The Morgan fingerprint density at radius 3 is 3.33 bits per heavy atom. The van der Waals surface area contributed by atoms with Crippen molar-refractivity contribution in [1.29, 1.82) is 0 Å². The maximum absolute atomic E-state index is 5.88. The van der Waals surface area contributed by atoms with Gasteiger partial charge in [0, 0.05) is 29.6 Å². The van der Waals surface area contributed by atoms with Crippen molar-refractivity contribution in [3.8, 4) is 0 Å². The molecule has 2 N–H and O–H groups in total.